The maximum Gasteiger partial charge on any atom is 0.0826 e. The predicted molar refractivity (Wildman–Crippen MR) is 77.3 cm³/mol. The van der Waals surface area contributed by atoms with Crippen molar-refractivity contribution in [1.82, 2.24) is 10.2 Å². The van der Waals surface area contributed by atoms with Crippen LogP contribution < -0.4 is 5.32 Å². The lowest BCUT2D eigenvalue weighted by molar-refractivity contribution is -0.0261. The second-order valence-corrected chi connectivity index (χ2v) is 5.93. The number of ether oxygens (including phenoxy) is 1. The molecule has 0 bridgehead atoms. The van der Waals surface area contributed by atoms with Gasteiger partial charge in [0.2, 0.25) is 0 Å². The highest BCUT2D eigenvalue weighted by Gasteiger charge is 2.20. The minimum atomic E-state index is 0.335. The molecule has 0 spiro atoms. The Bertz CT molecular complexity index is 366. The second kappa shape index (κ2) is 6.66. The topological polar surface area (TPSA) is 24.5 Å². The van der Waals surface area contributed by atoms with E-state index >= 15 is 0 Å². The highest BCUT2D eigenvalue weighted by Crippen LogP contribution is 2.23. The summed E-state index contributed by atoms with van der Waals surface area (Å²) in [6.45, 7) is 11.7. The maximum absolute atomic E-state index is 5.81. The smallest absolute Gasteiger partial charge is 0.0826 e. The van der Waals surface area contributed by atoms with Crippen molar-refractivity contribution in [3.63, 3.8) is 0 Å². The number of nitrogens with zero attached hydrogens (tertiary/aromatic N) is 1. The van der Waals surface area contributed by atoms with Crippen LogP contribution in [-0.2, 0) is 4.74 Å². The minimum Gasteiger partial charge on any atom is -0.374 e. The number of aryl methyl sites for hydroxylation is 1. The quantitative estimate of drug-likeness (QED) is 0.887. The molecule has 2 atom stereocenters. The van der Waals surface area contributed by atoms with Gasteiger partial charge < -0.3 is 10.1 Å². The molecule has 18 heavy (non-hydrogen) atoms. The molecule has 4 heteroatoms. The minimum absolute atomic E-state index is 0.335. The van der Waals surface area contributed by atoms with Crippen LogP contribution in [0.5, 0.6) is 0 Å². The van der Waals surface area contributed by atoms with Crippen LogP contribution in [0.1, 0.15) is 30.3 Å². The van der Waals surface area contributed by atoms with Gasteiger partial charge in [-0.3, -0.25) is 4.90 Å². The molecule has 1 aliphatic rings. The summed E-state index contributed by atoms with van der Waals surface area (Å²) in [5, 5.41) is 5.76. The molecule has 1 fully saturated rings. The number of hydrogen-bond donors (Lipinski definition) is 1. The molecule has 3 nitrogen and oxygen atoms in total. The molecule has 0 aliphatic carbocycles. The van der Waals surface area contributed by atoms with Gasteiger partial charge in [-0.1, -0.05) is 6.92 Å². The fourth-order valence-electron chi connectivity index (χ4n) is 2.42. The summed E-state index contributed by atoms with van der Waals surface area (Å²) in [6.07, 6.45) is 0.335. The molecule has 0 aromatic carbocycles. The zero-order valence-corrected chi connectivity index (χ0v) is 12.4. The van der Waals surface area contributed by atoms with Gasteiger partial charge in [-0.05, 0) is 37.4 Å². The molecule has 0 saturated carbocycles. The van der Waals surface area contributed by atoms with E-state index in [4.69, 9.17) is 4.74 Å². The molecular formula is C14H24N2OS. The number of rotatable bonds is 5. The third-order valence-electron chi connectivity index (χ3n) is 3.62. The Morgan fingerprint density at radius 2 is 2.44 bits per heavy atom. The zero-order chi connectivity index (χ0) is 13.0. The number of likely N-dealkylation sites (N-methyl/N-ethyl adjacent to an activating group) is 1. The van der Waals surface area contributed by atoms with Crippen molar-refractivity contribution < 1.29 is 4.74 Å². The molecule has 1 N–H and O–H groups in total. The normalized spacial score (nSPS) is 23.2. The molecule has 0 amide bonds. The van der Waals surface area contributed by atoms with E-state index < -0.39 is 0 Å². The number of hydrogen-bond acceptors (Lipinski definition) is 4. The summed E-state index contributed by atoms with van der Waals surface area (Å²) in [5.74, 6) is 0. The molecule has 1 aliphatic heterocycles. The Morgan fingerprint density at radius 1 is 1.61 bits per heavy atom. The van der Waals surface area contributed by atoms with E-state index in [1.165, 1.54) is 10.4 Å². The highest BCUT2D eigenvalue weighted by atomic mass is 32.1. The lowest BCUT2D eigenvalue weighted by atomic mass is 10.2. The Balaban J connectivity index is 1.79. The van der Waals surface area contributed by atoms with E-state index in [0.29, 0.717) is 12.1 Å². The van der Waals surface area contributed by atoms with Gasteiger partial charge in [0.05, 0.1) is 12.7 Å². The Hall–Kier alpha value is -0.420. The van der Waals surface area contributed by atoms with Crippen LogP contribution in [0.3, 0.4) is 0 Å². The van der Waals surface area contributed by atoms with E-state index in [9.17, 15) is 0 Å². The number of nitrogens with one attached hydrogen (secondary N) is 1. The summed E-state index contributed by atoms with van der Waals surface area (Å²) in [6, 6.07) is 2.61. The number of morpholine rings is 1. The van der Waals surface area contributed by atoms with Crippen molar-refractivity contribution in [2.75, 3.05) is 32.8 Å². The fourth-order valence-corrected chi connectivity index (χ4v) is 3.38. The Morgan fingerprint density at radius 3 is 3.11 bits per heavy atom. The Labute approximate surface area is 114 Å². The molecule has 2 heterocycles. The van der Waals surface area contributed by atoms with E-state index in [-0.39, 0.29) is 0 Å². The molecule has 2 unspecified atom stereocenters. The van der Waals surface area contributed by atoms with E-state index in [2.05, 4.69) is 42.4 Å². The van der Waals surface area contributed by atoms with Gasteiger partial charge in [0.1, 0.15) is 0 Å². The third kappa shape index (κ3) is 3.54. The third-order valence-corrected chi connectivity index (χ3v) is 4.82. The van der Waals surface area contributed by atoms with E-state index in [0.717, 1.165) is 32.8 Å². The average Bonchev–Trinajstić information content (AvgIpc) is 2.82. The van der Waals surface area contributed by atoms with Crippen molar-refractivity contribution in [1.29, 1.82) is 0 Å². The molecule has 102 valence electrons. The summed E-state index contributed by atoms with van der Waals surface area (Å²) in [5.41, 5.74) is 1.39. The standard InChI is InChI=1S/C14H24N2OS/c1-4-16-6-7-17-13(10-16)9-15-12(3)14-11(2)5-8-18-14/h5,8,12-13,15H,4,6-7,9-10H2,1-3H3. The van der Waals surface area contributed by atoms with Gasteiger partial charge in [0, 0.05) is 30.6 Å². The van der Waals surface area contributed by atoms with Gasteiger partial charge >= 0.3 is 0 Å². The predicted octanol–water partition coefficient (Wildman–Crippen LogP) is 2.43. The van der Waals surface area contributed by atoms with Crippen molar-refractivity contribution in [3.8, 4) is 0 Å². The van der Waals surface area contributed by atoms with Gasteiger partial charge in [-0.25, -0.2) is 0 Å². The summed E-state index contributed by atoms with van der Waals surface area (Å²) in [4.78, 5) is 3.90. The van der Waals surface area contributed by atoms with Crippen LogP contribution >= 0.6 is 11.3 Å². The summed E-state index contributed by atoms with van der Waals surface area (Å²) in [7, 11) is 0. The van der Waals surface area contributed by atoms with Crippen LogP contribution in [0.25, 0.3) is 0 Å². The van der Waals surface area contributed by atoms with Gasteiger partial charge in [0.25, 0.3) is 0 Å². The van der Waals surface area contributed by atoms with Gasteiger partial charge in [-0.15, -0.1) is 11.3 Å². The number of thiophene rings is 1. The molecule has 1 saturated heterocycles. The fraction of sp³-hybridized carbons (Fsp3) is 0.714. The summed E-state index contributed by atoms with van der Waals surface area (Å²) < 4.78 is 5.81. The van der Waals surface area contributed by atoms with Crippen LogP contribution in [0.15, 0.2) is 11.4 Å². The zero-order valence-electron chi connectivity index (χ0n) is 11.6. The van der Waals surface area contributed by atoms with Crippen molar-refractivity contribution in [3.05, 3.63) is 21.9 Å². The largest absolute Gasteiger partial charge is 0.374 e. The lowest BCUT2D eigenvalue weighted by Crippen LogP contribution is -2.46. The van der Waals surface area contributed by atoms with Crippen molar-refractivity contribution in [2.24, 2.45) is 0 Å². The van der Waals surface area contributed by atoms with E-state index in [1.807, 2.05) is 11.3 Å². The molecule has 1 aromatic rings. The monoisotopic (exact) mass is 268 g/mol. The van der Waals surface area contributed by atoms with E-state index in [1.54, 1.807) is 0 Å². The molecule has 2 rings (SSSR count). The lowest BCUT2D eigenvalue weighted by Gasteiger charge is -2.32. The molecule has 0 radical (unpaired) electrons. The first-order valence-electron chi connectivity index (χ1n) is 6.82. The van der Waals surface area contributed by atoms with Gasteiger partial charge in [0.15, 0.2) is 0 Å². The second-order valence-electron chi connectivity index (χ2n) is 4.98. The first kappa shape index (κ1) is 14.0. The van der Waals surface area contributed by atoms with Crippen LogP contribution in [0.2, 0.25) is 0 Å². The Kier molecular flexibility index (Phi) is 5.18. The maximum atomic E-state index is 5.81. The SMILES string of the molecule is CCN1CCOC(CNC(C)c2sccc2C)C1. The molecular weight excluding hydrogens is 244 g/mol. The van der Waals surface area contributed by atoms with Crippen LogP contribution in [0, 0.1) is 6.92 Å². The van der Waals surface area contributed by atoms with Crippen LogP contribution in [0.4, 0.5) is 0 Å². The van der Waals surface area contributed by atoms with Crippen molar-refractivity contribution >= 4 is 11.3 Å². The highest BCUT2D eigenvalue weighted by molar-refractivity contribution is 7.10. The van der Waals surface area contributed by atoms with Crippen LogP contribution in [-0.4, -0.2) is 43.8 Å². The molecule has 1 aromatic heterocycles. The summed E-state index contributed by atoms with van der Waals surface area (Å²) >= 11 is 1.84. The first-order chi connectivity index (χ1) is 8.70. The first-order valence-corrected chi connectivity index (χ1v) is 7.70. The average molecular weight is 268 g/mol. The van der Waals surface area contributed by atoms with Gasteiger partial charge in [-0.2, -0.15) is 0 Å². The van der Waals surface area contributed by atoms with Crippen molar-refractivity contribution in [2.45, 2.75) is 32.9 Å².